The van der Waals surface area contributed by atoms with E-state index in [0.29, 0.717) is 23.4 Å². The minimum absolute atomic E-state index is 0.209. The molecule has 0 fully saturated rings. The number of nitrogen functional groups attached to an aromatic ring is 1. The highest BCUT2D eigenvalue weighted by Gasteiger charge is 2.19. The van der Waals surface area contributed by atoms with Gasteiger partial charge in [-0.25, -0.2) is 15.5 Å². The first-order valence-electron chi connectivity index (χ1n) is 10.5. The lowest BCUT2D eigenvalue weighted by Crippen LogP contribution is -2.24. The molecule has 0 spiro atoms. The summed E-state index contributed by atoms with van der Waals surface area (Å²) in [4.78, 5) is 21.4. The van der Waals surface area contributed by atoms with Gasteiger partial charge in [-0.15, -0.1) is 5.10 Å². The van der Waals surface area contributed by atoms with Crippen molar-refractivity contribution in [1.82, 2.24) is 24.3 Å². The Morgan fingerprint density at radius 3 is 2.44 bits per heavy atom. The zero-order valence-electron chi connectivity index (χ0n) is 18.2. The van der Waals surface area contributed by atoms with Crippen LogP contribution in [-0.4, -0.2) is 24.3 Å². The predicted molar refractivity (Wildman–Crippen MR) is 129 cm³/mol. The molecule has 34 heavy (non-hydrogen) atoms. The van der Waals surface area contributed by atoms with Crippen LogP contribution in [0.4, 0.5) is 21.8 Å². The Morgan fingerprint density at radius 2 is 1.74 bits per heavy atom. The van der Waals surface area contributed by atoms with Crippen LogP contribution in [-0.2, 0) is 13.6 Å². The lowest BCUT2D eigenvalue weighted by molar-refractivity contribution is 0.585. The first-order chi connectivity index (χ1) is 16.5. The standard InChI is InChI=1S/C24H21FN8O/c1-32-23(34)20-21(29-24(32)30-26)31-33(22(20)27-17-6-3-2-4-7-17)14-15-10-12-16(13-11-15)18-8-5-9-19(25)28-18/h2-13,27H,14,26H2,1H3,(H,29,30,31). The normalized spacial score (nSPS) is 11.0. The Balaban J connectivity index is 1.56. The number of para-hydroxylation sites is 1. The van der Waals surface area contributed by atoms with Crippen LogP contribution in [0.2, 0.25) is 0 Å². The van der Waals surface area contributed by atoms with Gasteiger partial charge in [-0.05, 0) is 29.8 Å². The zero-order valence-corrected chi connectivity index (χ0v) is 18.2. The van der Waals surface area contributed by atoms with E-state index in [4.69, 9.17) is 5.84 Å². The van der Waals surface area contributed by atoms with Crippen LogP contribution in [0.25, 0.3) is 22.3 Å². The average Bonchev–Trinajstić information content (AvgIpc) is 3.19. The summed E-state index contributed by atoms with van der Waals surface area (Å²) in [5, 5.41) is 8.24. The number of anilines is 3. The Labute approximate surface area is 193 Å². The molecule has 0 aliphatic rings. The maximum absolute atomic E-state index is 13.5. The minimum atomic E-state index is -0.526. The molecule has 3 aromatic heterocycles. The van der Waals surface area contributed by atoms with Crippen LogP contribution in [0, 0.1) is 5.95 Å². The van der Waals surface area contributed by atoms with Gasteiger partial charge < -0.3 is 5.32 Å². The molecule has 3 heterocycles. The van der Waals surface area contributed by atoms with E-state index in [2.05, 4.69) is 25.8 Å². The number of hydrogen-bond donors (Lipinski definition) is 3. The third-order valence-electron chi connectivity index (χ3n) is 5.44. The summed E-state index contributed by atoms with van der Waals surface area (Å²) in [5.74, 6) is 5.73. The van der Waals surface area contributed by atoms with Gasteiger partial charge in [0.05, 0.1) is 12.2 Å². The van der Waals surface area contributed by atoms with E-state index >= 15 is 0 Å². The van der Waals surface area contributed by atoms with Crippen LogP contribution in [0.15, 0.2) is 77.6 Å². The zero-order chi connectivity index (χ0) is 23.7. The van der Waals surface area contributed by atoms with Crippen molar-refractivity contribution >= 4 is 28.5 Å². The number of hydrogen-bond acceptors (Lipinski definition) is 7. The summed E-state index contributed by atoms with van der Waals surface area (Å²) >= 11 is 0. The third kappa shape index (κ3) is 3.97. The molecule has 4 N–H and O–H groups in total. The van der Waals surface area contributed by atoms with E-state index in [1.165, 1.54) is 10.6 Å². The summed E-state index contributed by atoms with van der Waals surface area (Å²) in [6.07, 6.45) is 0. The second kappa shape index (κ2) is 8.75. The lowest BCUT2D eigenvalue weighted by atomic mass is 10.1. The van der Waals surface area contributed by atoms with Gasteiger partial charge in [0, 0.05) is 18.3 Å². The van der Waals surface area contributed by atoms with Crippen molar-refractivity contribution in [2.24, 2.45) is 12.9 Å². The molecule has 0 aliphatic carbocycles. The predicted octanol–water partition coefficient (Wildman–Crippen LogP) is 3.41. The molecule has 170 valence electrons. The summed E-state index contributed by atoms with van der Waals surface area (Å²) in [7, 11) is 1.59. The van der Waals surface area contributed by atoms with Gasteiger partial charge in [0.25, 0.3) is 5.56 Å². The second-order valence-corrected chi connectivity index (χ2v) is 7.68. The smallest absolute Gasteiger partial charge is 0.268 e. The molecule has 0 radical (unpaired) electrons. The first-order valence-corrected chi connectivity index (χ1v) is 10.5. The fraction of sp³-hybridized carbons (Fsp3) is 0.0833. The molecular weight excluding hydrogens is 435 g/mol. The summed E-state index contributed by atoms with van der Waals surface area (Å²) in [5.41, 5.74) is 5.51. The fourth-order valence-electron chi connectivity index (χ4n) is 3.72. The number of rotatable bonds is 6. The number of halogens is 1. The van der Waals surface area contributed by atoms with Crippen LogP contribution in [0.5, 0.6) is 0 Å². The molecule has 10 heteroatoms. The fourth-order valence-corrected chi connectivity index (χ4v) is 3.72. The highest BCUT2D eigenvalue weighted by molar-refractivity contribution is 5.89. The molecule has 0 atom stereocenters. The maximum Gasteiger partial charge on any atom is 0.268 e. The summed E-state index contributed by atoms with van der Waals surface area (Å²) in [6, 6.07) is 21.8. The van der Waals surface area contributed by atoms with Crippen LogP contribution in [0.3, 0.4) is 0 Å². The molecule has 0 amide bonds. The Hall–Kier alpha value is -4.57. The SMILES string of the molecule is Cn1c(NN)nc2nn(Cc3ccc(-c4cccc(F)n4)cc3)c(Nc3ccccc3)c2c1=O. The molecule has 0 saturated carbocycles. The van der Waals surface area contributed by atoms with Gasteiger partial charge in [-0.3, -0.25) is 14.8 Å². The van der Waals surface area contributed by atoms with E-state index in [1.807, 2.05) is 54.6 Å². The number of nitrogens with two attached hydrogens (primary N) is 1. The largest absolute Gasteiger partial charge is 0.340 e. The Bertz CT molecular complexity index is 1530. The number of nitrogens with zero attached hydrogens (tertiary/aromatic N) is 5. The Morgan fingerprint density at radius 1 is 0.971 bits per heavy atom. The summed E-state index contributed by atoms with van der Waals surface area (Å²) in [6.45, 7) is 0.372. The van der Waals surface area contributed by atoms with Gasteiger partial charge in [0.15, 0.2) is 5.65 Å². The average molecular weight is 456 g/mol. The lowest BCUT2D eigenvalue weighted by Gasteiger charge is -2.11. The first kappa shape index (κ1) is 21.3. The minimum Gasteiger partial charge on any atom is -0.340 e. The van der Waals surface area contributed by atoms with Crippen molar-refractivity contribution in [2.45, 2.75) is 6.54 Å². The molecular formula is C24H21FN8O. The number of hydrazine groups is 1. The van der Waals surface area contributed by atoms with Gasteiger partial charge in [0.2, 0.25) is 11.9 Å². The number of benzene rings is 2. The van der Waals surface area contributed by atoms with Gasteiger partial charge in [-0.2, -0.15) is 9.37 Å². The van der Waals surface area contributed by atoms with E-state index in [0.717, 1.165) is 16.8 Å². The van der Waals surface area contributed by atoms with E-state index in [9.17, 15) is 9.18 Å². The maximum atomic E-state index is 13.5. The number of aromatic nitrogens is 5. The van der Waals surface area contributed by atoms with Crippen molar-refractivity contribution in [3.8, 4) is 11.3 Å². The summed E-state index contributed by atoms with van der Waals surface area (Å²) < 4.78 is 16.5. The van der Waals surface area contributed by atoms with E-state index in [-0.39, 0.29) is 17.2 Å². The van der Waals surface area contributed by atoms with Crippen molar-refractivity contribution in [3.63, 3.8) is 0 Å². The topological polar surface area (TPSA) is 116 Å². The molecule has 0 aliphatic heterocycles. The van der Waals surface area contributed by atoms with E-state index in [1.54, 1.807) is 23.9 Å². The quantitative estimate of drug-likeness (QED) is 0.204. The van der Waals surface area contributed by atoms with Crippen molar-refractivity contribution in [3.05, 3.63) is 94.7 Å². The molecule has 5 aromatic rings. The number of nitrogens with one attached hydrogen (secondary N) is 2. The van der Waals surface area contributed by atoms with Crippen molar-refractivity contribution in [2.75, 3.05) is 10.7 Å². The highest BCUT2D eigenvalue weighted by atomic mass is 19.1. The molecule has 5 rings (SSSR count). The number of pyridine rings is 1. The Kier molecular flexibility index (Phi) is 5.48. The molecule has 0 unspecified atom stereocenters. The van der Waals surface area contributed by atoms with Crippen molar-refractivity contribution in [1.29, 1.82) is 0 Å². The molecule has 0 bridgehead atoms. The van der Waals surface area contributed by atoms with Crippen LogP contribution >= 0.6 is 0 Å². The van der Waals surface area contributed by atoms with E-state index < -0.39 is 5.95 Å². The van der Waals surface area contributed by atoms with Gasteiger partial charge in [-0.1, -0.05) is 48.5 Å². The van der Waals surface area contributed by atoms with Gasteiger partial charge in [0.1, 0.15) is 11.2 Å². The monoisotopic (exact) mass is 456 g/mol. The molecule has 9 nitrogen and oxygen atoms in total. The van der Waals surface area contributed by atoms with Crippen molar-refractivity contribution < 1.29 is 4.39 Å². The second-order valence-electron chi connectivity index (χ2n) is 7.68. The third-order valence-corrected chi connectivity index (χ3v) is 5.44. The number of fused-ring (bicyclic) bond motifs is 1. The van der Waals surface area contributed by atoms with Gasteiger partial charge >= 0.3 is 0 Å². The van der Waals surface area contributed by atoms with Crippen LogP contribution < -0.4 is 22.1 Å². The molecule has 2 aromatic carbocycles. The molecule has 0 saturated heterocycles. The highest BCUT2D eigenvalue weighted by Crippen LogP contribution is 2.26. The van der Waals surface area contributed by atoms with Crippen LogP contribution in [0.1, 0.15) is 5.56 Å².